The highest BCUT2D eigenvalue weighted by Crippen LogP contribution is 2.04. The zero-order valence-corrected chi connectivity index (χ0v) is 9.12. The summed E-state index contributed by atoms with van der Waals surface area (Å²) in [6, 6.07) is 0.356. The van der Waals surface area contributed by atoms with Crippen LogP contribution in [0.25, 0.3) is 0 Å². The normalized spacial score (nSPS) is 13.1. The number of hydrogen-bond donors (Lipinski definition) is 2. The first-order valence-electron chi connectivity index (χ1n) is 4.97. The summed E-state index contributed by atoms with van der Waals surface area (Å²) < 4.78 is 2.13. The second kappa shape index (κ2) is 5.12. The molecular formula is C10H19N3O. The van der Waals surface area contributed by atoms with Crippen LogP contribution in [-0.2, 0) is 6.54 Å². The molecule has 1 unspecified atom stereocenters. The van der Waals surface area contributed by atoms with E-state index in [-0.39, 0.29) is 6.61 Å². The molecule has 1 rings (SSSR count). The number of aliphatic hydroxyl groups excluding tert-OH is 1. The lowest BCUT2D eigenvalue weighted by molar-refractivity contribution is 0.282. The third kappa shape index (κ3) is 2.82. The van der Waals surface area contributed by atoms with Gasteiger partial charge >= 0.3 is 0 Å². The second-order valence-corrected chi connectivity index (χ2v) is 3.65. The van der Waals surface area contributed by atoms with E-state index in [0.29, 0.717) is 12.6 Å². The van der Waals surface area contributed by atoms with Crippen LogP contribution in [0, 0.1) is 13.8 Å². The number of aryl methyl sites for hydroxylation is 1. The number of nitrogens with one attached hydrogen (secondary N) is 1. The number of rotatable bonds is 5. The monoisotopic (exact) mass is 197 g/mol. The molecule has 2 N–H and O–H groups in total. The maximum atomic E-state index is 8.66. The van der Waals surface area contributed by atoms with Crippen molar-refractivity contribution >= 4 is 0 Å². The van der Waals surface area contributed by atoms with Gasteiger partial charge in [0.1, 0.15) is 0 Å². The first-order valence-corrected chi connectivity index (χ1v) is 4.97. The van der Waals surface area contributed by atoms with Crippen molar-refractivity contribution in [2.24, 2.45) is 0 Å². The summed E-state index contributed by atoms with van der Waals surface area (Å²) in [5.74, 6) is 0. The molecule has 1 heterocycles. The average Bonchev–Trinajstić information content (AvgIpc) is 2.46. The molecule has 0 saturated heterocycles. The SMILES string of the molecule is Cc1ncn(CC(C)NCCO)c1C. The average molecular weight is 197 g/mol. The van der Waals surface area contributed by atoms with E-state index in [4.69, 9.17) is 5.11 Å². The van der Waals surface area contributed by atoms with Crippen LogP contribution in [0.4, 0.5) is 0 Å². The first-order chi connectivity index (χ1) is 6.65. The molecule has 80 valence electrons. The highest BCUT2D eigenvalue weighted by molar-refractivity contribution is 5.08. The van der Waals surface area contributed by atoms with E-state index in [2.05, 4.69) is 28.7 Å². The van der Waals surface area contributed by atoms with Crippen molar-refractivity contribution in [3.8, 4) is 0 Å². The zero-order chi connectivity index (χ0) is 10.6. The molecule has 0 bridgehead atoms. The number of imidazole rings is 1. The Kier molecular flexibility index (Phi) is 4.10. The maximum Gasteiger partial charge on any atom is 0.0951 e. The topological polar surface area (TPSA) is 50.1 Å². The third-order valence-electron chi connectivity index (χ3n) is 2.42. The minimum atomic E-state index is 0.187. The van der Waals surface area contributed by atoms with Crippen LogP contribution in [0.2, 0.25) is 0 Å². The Balaban J connectivity index is 2.47. The molecule has 1 aromatic heterocycles. The van der Waals surface area contributed by atoms with E-state index < -0.39 is 0 Å². The van der Waals surface area contributed by atoms with Crippen LogP contribution in [0.15, 0.2) is 6.33 Å². The Hall–Kier alpha value is -0.870. The fraction of sp³-hybridized carbons (Fsp3) is 0.700. The predicted octanol–water partition coefficient (Wildman–Crippen LogP) is 0.470. The lowest BCUT2D eigenvalue weighted by atomic mass is 10.3. The Morgan fingerprint density at radius 3 is 2.79 bits per heavy atom. The molecule has 0 amide bonds. The van der Waals surface area contributed by atoms with Gasteiger partial charge in [0.15, 0.2) is 0 Å². The quantitative estimate of drug-likeness (QED) is 0.721. The first kappa shape index (κ1) is 11.2. The Labute approximate surface area is 85.0 Å². The molecule has 1 aromatic rings. The van der Waals surface area contributed by atoms with Gasteiger partial charge in [0.25, 0.3) is 0 Å². The van der Waals surface area contributed by atoms with E-state index in [9.17, 15) is 0 Å². The van der Waals surface area contributed by atoms with E-state index in [1.165, 1.54) is 5.69 Å². The van der Waals surface area contributed by atoms with Gasteiger partial charge in [-0.2, -0.15) is 0 Å². The lowest BCUT2D eigenvalue weighted by Gasteiger charge is -2.14. The maximum absolute atomic E-state index is 8.66. The van der Waals surface area contributed by atoms with E-state index in [1.807, 2.05) is 13.3 Å². The zero-order valence-electron chi connectivity index (χ0n) is 9.12. The van der Waals surface area contributed by atoms with Crippen LogP contribution in [0.3, 0.4) is 0 Å². The Morgan fingerprint density at radius 2 is 2.29 bits per heavy atom. The summed E-state index contributed by atoms with van der Waals surface area (Å²) in [5.41, 5.74) is 2.29. The molecular weight excluding hydrogens is 178 g/mol. The molecule has 1 atom stereocenters. The van der Waals surface area contributed by atoms with Crippen LogP contribution in [-0.4, -0.2) is 33.9 Å². The highest BCUT2D eigenvalue weighted by Gasteiger charge is 2.05. The van der Waals surface area contributed by atoms with Crippen LogP contribution >= 0.6 is 0 Å². The summed E-state index contributed by atoms with van der Waals surface area (Å²) in [5, 5.41) is 11.9. The predicted molar refractivity (Wildman–Crippen MR) is 56.3 cm³/mol. The summed E-state index contributed by atoms with van der Waals surface area (Å²) in [4.78, 5) is 4.24. The van der Waals surface area contributed by atoms with E-state index in [1.54, 1.807) is 0 Å². The Bertz CT molecular complexity index is 283. The van der Waals surface area contributed by atoms with Gasteiger partial charge in [-0.1, -0.05) is 0 Å². The van der Waals surface area contributed by atoms with Gasteiger partial charge in [-0.15, -0.1) is 0 Å². The fourth-order valence-electron chi connectivity index (χ4n) is 1.40. The molecule has 4 nitrogen and oxygen atoms in total. The summed E-state index contributed by atoms with van der Waals surface area (Å²) in [7, 11) is 0. The number of nitrogens with zero attached hydrogens (tertiary/aromatic N) is 2. The van der Waals surface area contributed by atoms with Crippen molar-refractivity contribution in [2.75, 3.05) is 13.2 Å². The van der Waals surface area contributed by atoms with Crippen molar-refractivity contribution in [2.45, 2.75) is 33.4 Å². The molecule has 0 fully saturated rings. The number of aromatic nitrogens is 2. The van der Waals surface area contributed by atoms with Gasteiger partial charge in [0.05, 0.1) is 18.6 Å². The molecule has 0 radical (unpaired) electrons. The molecule has 0 aliphatic rings. The van der Waals surface area contributed by atoms with Gasteiger partial charge in [-0.05, 0) is 20.8 Å². The van der Waals surface area contributed by atoms with Crippen LogP contribution < -0.4 is 5.32 Å². The largest absolute Gasteiger partial charge is 0.395 e. The minimum absolute atomic E-state index is 0.187. The Morgan fingerprint density at radius 1 is 1.57 bits per heavy atom. The van der Waals surface area contributed by atoms with Crippen molar-refractivity contribution in [1.29, 1.82) is 0 Å². The molecule has 0 aliphatic carbocycles. The van der Waals surface area contributed by atoms with Gasteiger partial charge < -0.3 is 15.0 Å². The molecule has 0 saturated carbocycles. The highest BCUT2D eigenvalue weighted by atomic mass is 16.3. The van der Waals surface area contributed by atoms with Crippen LogP contribution in [0.1, 0.15) is 18.3 Å². The standard InChI is InChI=1S/C10H19N3O/c1-8(11-4-5-14)6-13-7-12-9(2)10(13)3/h7-8,11,14H,4-6H2,1-3H3. The van der Waals surface area contributed by atoms with Gasteiger partial charge in [0, 0.05) is 24.8 Å². The van der Waals surface area contributed by atoms with Crippen molar-refractivity contribution in [3.63, 3.8) is 0 Å². The van der Waals surface area contributed by atoms with Gasteiger partial charge in [0.2, 0.25) is 0 Å². The second-order valence-electron chi connectivity index (χ2n) is 3.65. The fourth-order valence-corrected chi connectivity index (χ4v) is 1.40. The number of aliphatic hydroxyl groups is 1. The van der Waals surface area contributed by atoms with E-state index in [0.717, 1.165) is 12.2 Å². The van der Waals surface area contributed by atoms with Gasteiger partial charge in [-0.3, -0.25) is 0 Å². The van der Waals surface area contributed by atoms with Gasteiger partial charge in [-0.25, -0.2) is 4.98 Å². The molecule has 0 aliphatic heterocycles. The molecule has 4 heteroatoms. The summed E-state index contributed by atoms with van der Waals surface area (Å²) >= 11 is 0. The van der Waals surface area contributed by atoms with Crippen molar-refractivity contribution in [3.05, 3.63) is 17.7 Å². The smallest absolute Gasteiger partial charge is 0.0951 e. The molecule has 14 heavy (non-hydrogen) atoms. The summed E-state index contributed by atoms with van der Waals surface area (Å²) in [6.45, 7) is 7.91. The lowest BCUT2D eigenvalue weighted by Crippen LogP contribution is -2.32. The third-order valence-corrected chi connectivity index (χ3v) is 2.42. The van der Waals surface area contributed by atoms with Crippen LogP contribution in [0.5, 0.6) is 0 Å². The molecule has 0 spiro atoms. The van der Waals surface area contributed by atoms with E-state index >= 15 is 0 Å². The minimum Gasteiger partial charge on any atom is -0.395 e. The number of hydrogen-bond acceptors (Lipinski definition) is 3. The molecule has 0 aromatic carbocycles. The summed E-state index contributed by atoms with van der Waals surface area (Å²) in [6.07, 6.45) is 1.86. The van der Waals surface area contributed by atoms with Crippen molar-refractivity contribution in [1.82, 2.24) is 14.9 Å². The van der Waals surface area contributed by atoms with Crippen molar-refractivity contribution < 1.29 is 5.11 Å².